The van der Waals surface area contributed by atoms with E-state index in [2.05, 4.69) is 20.6 Å². The second-order valence-corrected chi connectivity index (χ2v) is 6.69. The third kappa shape index (κ3) is 5.20. The number of carbonyl (C=O) groups excluding carboxylic acids is 1. The summed E-state index contributed by atoms with van der Waals surface area (Å²) in [6.07, 6.45) is 2.18. The summed E-state index contributed by atoms with van der Waals surface area (Å²) in [7, 11) is 1.56. The molecule has 3 aromatic rings. The quantitative estimate of drug-likeness (QED) is 0.620. The van der Waals surface area contributed by atoms with Gasteiger partial charge in [-0.3, -0.25) is 4.79 Å². The van der Waals surface area contributed by atoms with Gasteiger partial charge in [0, 0.05) is 17.6 Å². The number of hydrogen-bond donors (Lipinski definition) is 2. The van der Waals surface area contributed by atoms with E-state index in [1.165, 1.54) is 6.33 Å². The Balaban J connectivity index is 1.63. The molecule has 0 spiro atoms. The van der Waals surface area contributed by atoms with Crippen LogP contribution in [0, 0.1) is 6.92 Å². The second-order valence-electron chi connectivity index (χ2n) is 6.25. The predicted molar refractivity (Wildman–Crippen MR) is 111 cm³/mol. The number of amides is 1. The Morgan fingerprint density at radius 2 is 1.89 bits per heavy atom. The Kier molecular flexibility index (Phi) is 6.45. The minimum atomic E-state index is -0.327. The van der Waals surface area contributed by atoms with Crippen LogP contribution in [-0.4, -0.2) is 29.5 Å². The summed E-state index contributed by atoms with van der Waals surface area (Å²) < 4.78 is 5.30. The molecule has 0 aliphatic rings. The Morgan fingerprint density at radius 3 is 2.64 bits per heavy atom. The van der Waals surface area contributed by atoms with E-state index in [0.29, 0.717) is 28.8 Å². The number of ether oxygens (including phenoxy) is 1. The van der Waals surface area contributed by atoms with Crippen molar-refractivity contribution < 1.29 is 9.53 Å². The van der Waals surface area contributed by atoms with E-state index in [-0.39, 0.29) is 11.6 Å². The van der Waals surface area contributed by atoms with E-state index < -0.39 is 0 Å². The molecular weight excluding hydrogens is 376 g/mol. The highest BCUT2D eigenvalue weighted by atomic mass is 35.5. The van der Waals surface area contributed by atoms with Gasteiger partial charge in [-0.05, 0) is 48.7 Å². The average Bonchev–Trinajstić information content (AvgIpc) is 2.70. The number of anilines is 2. The molecule has 1 amide bonds. The molecule has 28 heavy (non-hydrogen) atoms. The van der Waals surface area contributed by atoms with Crippen LogP contribution in [0.25, 0.3) is 0 Å². The number of nitrogens with one attached hydrogen (secondary N) is 2. The van der Waals surface area contributed by atoms with Crippen LogP contribution >= 0.6 is 11.6 Å². The zero-order valence-electron chi connectivity index (χ0n) is 15.7. The highest BCUT2D eigenvalue weighted by Gasteiger charge is 2.12. The number of aromatic nitrogens is 2. The predicted octanol–water partition coefficient (Wildman–Crippen LogP) is 4.35. The molecule has 0 unspecified atom stereocenters. The maximum Gasteiger partial charge on any atom is 0.274 e. The van der Waals surface area contributed by atoms with E-state index in [4.69, 9.17) is 16.3 Å². The monoisotopic (exact) mass is 396 g/mol. The molecule has 0 fully saturated rings. The molecule has 0 bridgehead atoms. The Morgan fingerprint density at radius 1 is 1.11 bits per heavy atom. The van der Waals surface area contributed by atoms with Crippen molar-refractivity contribution in [3.63, 3.8) is 0 Å². The lowest BCUT2D eigenvalue weighted by atomic mass is 10.1. The van der Waals surface area contributed by atoms with Gasteiger partial charge in [0.15, 0.2) is 0 Å². The van der Waals surface area contributed by atoms with Crippen LogP contribution in [0.5, 0.6) is 5.75 Å². The number of hydrogen-bond acceptors (Lipinski definition) is 5. The Bertz CT molecular complexity index is 961. The van der Waals surface area contributed by atoms with E-state index in [1.807, 2.05) is 49.4 Å². The van der Waals surface area contributed by atoms with Crippen LogP contribution < -0.4 is 15.4 Å². The van der Waals surface area contributed by atoms with Gasteiger partial charge in [0.05, 0.1) is 12.8 Å². The normalized spacial score (nSPS) is 10.4. The molecule has 0 saturated carbocycles. The van der Waals surface area contributed by atoms with Crippen LogP contribution in [0.4, 0.5) is 11.5 Å². The van der Waals surface area contributed by atoms with Gasteiger partial charge in [-0.25, -0.2) is 9.97 Å². The lowest BCUT2D eigenvalue weighted by molar-refractivity contribution is 0.102. The third-order valence-corrected chi connectivity index (χ3v) is 4.39. The van der Waals surface area contributed by atoms with Crippen molar-refractivity contribution in [1.82, 2.24) is 9.97 Å². The van der Waals surface area contributed by atoms with Gasteiger partial charge in [0.25, 0.3) is 5.91 Å². The minimum Gasteiger partial charge on any atom is -0.495 e. The molecule has 6 nitrogen and oxygen atoms in total. The van der Waals surface area contributed by atoms with Gasteiger partial charge < -0.3 is 15.4 Å². The van der Waals surface area contributed by atoms with Crippen LogP contribution in [0.1, 0.15) is 21.6 Å². The van der Waals surface area contributed by atoms with Gasteiger partial charge in [0.1, 0.15) is 23.6 Å². The molecule has 0 saturated heterocycles. The lowest BCUT2D eigenvalue weighted by Crippen LogP contribution is -2.16. The maximum absolute atomic E-state index is 12.6. The van der Waals surface area contributed by atoms with Crippen LogP contribution in [-0.2, 0) is 6.42 Å². The zero-order chi connectivity index (χ0) is 19.9. The van der Waals surface area contributed by atoms with Gasteiger partial charge >= 0.3 is 0 Å². The number of halogens is 1. The van der Waals surface area contributed by atoms with Gasteiger partial charge in [0.2, 0.25) is 0 Å². The van der Waals surface area contributed by atoms with Crippen molar-refractivity contribution in [3.8, 4) is 5.75 Å². The van der Waals surface area contributed by atoms with Gasteiger partial charge in [-0.2, -0.15) is 0 Å². The molecule has 0 aliphatic heterocycles. The first-order chi connectivity index (χ1) is 13.5. The average molecular weight is 397 g/mol. The van der Waals surface area contributed by atoms with E-state index in [0.717, 1.165) is 17.5 Å². The Hall–Kier alpha value is -3.12. The highest BCUT2D eigenvalue weighted by molar-refractivity contribution is 6.30. The molecule has 2 aromatic carbocycles. The fraction of sp³-hybridized carbons (Fsp3) is 0.190. The molecule has 0 radical (unpaired) electrons. The molecule has 0 atom stereocenters. The van der Waals surface area contributed by atoms with Crippen LogP contribution in [0.15, 0.2) is 54.9 Å². The molecule has 7 heteroatoms. The fourth-order valence-corrected chi connectivity index (χ4v) is 2.80. The number of carbonyl (C=O) groups is 1. The van der Waals surface area contributed by atoms with E-state index in [9.17, 15) is 4.79 Å². The van der Waals surface area contributed by atoms with Crippen molar-refractivity contribution in [2.75, 3.05) is 24.3 Å². The summed E-state index contributed by atoms with van der Waals surface area (Å²) in [4.78, 5) is 20.8. The van der Waals surface area contributed by atoms with Crippen LogP contribution in [0.3, 0.4) is 0 Å². The number of benzene rings is 2. The first kappa shape index (κ1) is 19.6. The third-order valence-electron chi connectivity index (χ3n) is 4.14. The first-order valence-corrected chi connectivity index (χ1v) is 9.19. The molecule has 1 heterocycles. The second kappa shape index (κ2) is 9.19. The van der Waals surface area contributed by atoms with E-state index in [1.54, 1.807) is 13.2 Å². The highest BCUT2D eigenvalue weighted by Crippen LogP contribution is 2.25. The van der Waals surface area contributed by atoms with Crippen molar-refractivity contribution >= 4 is 29.0 Å². The number of methoxy groups -OCH3 is 1. The number of nitrogens with zero attached hydrogens (tertiary/aromatic N) is 2. The molecule has 1 aromatic heterocycles. The van der Waals surface area contributed by atoms with E-state index >= 15 is 0 Å². The smallest absolute Gasteiger partial charge is 0.274 e. The SMILES string of the molecule is COc1ccc(C)cc1NC(=O)c1cc(NCCc2ccc(Cl)cc2)ncn1. The zero-order valence-corrected chi connectivity index (χ0v) is 16.5. The van der Waals surface area contributed by atoms with Crippen molar-refractivity contribution in [1.29, 1.82) is 0 Å². The maximum atomic E-state index is 12.6. The minimum absolute atomic E-state index is 0.271. The standard InChI is InChI=1S/C21H21ClN4O2/c1-14-3-8-19(28-2)17(11-14)26-21(27)18-12-20(25-13-24-18)23-10-9-15-4-6-16(22)7-5-15/h3-8,11-13H,9-10H2,1-2H3,(H,26,27)(H,23,24,25). The topological polar surface area (TPSA) is 76.1 Å². The number of aryl methyl sites for hydroxylation is 1. The molecule has 2 N–H and O–H groups in total. The molecule has 144 valence electrons. The van der Waals surface area contributed by atoms with Crippen molar-refractivity contribution in [3.05, 3.63) is 76.7 Å². The first-order valence-electron chi connectivity index (χ1n) is 8.81. The summed E-state index contributed by atoms with van der Waals surface area (Å²) in [5.41, 5.74) is 3.05. The molecular formula is C21H21ClN4O2. The fourth-order valence-electron chi connectivity index (χ4n) is 2.67. The number of rotatable bonds is 7. The van der Waals surface area contributed by atoms with Gasteiger partial charge in [-0.15, -0.1) is 0 Å². The van der Waals surface area contributed by atoms with Gasteiger partial charge in [-0.1, -0.05) is 29.8 Å². The van der Waals surface area contributed by atoms with Crippen LogP contribution in [0.2, 0.25) is 5.02 Å². The summed E-state index contributed by atoms with van der Waals surface area (Å²) in [5, 5.41) is 6.76. The summed E-state index contributed by atoms with van der Waals surface area (Å²) in [6.45, 7) is 2.62. The Labute approximate surface area is 168 Å². The lowest BCUT2D eigenvalue weighted by Gasteiger charge is -2.11. The summed E-state index contributed by atoms with van der Waals surface area (Å²) in [6, 6.07) is 14.9. The largest absolute Gasteiger partial charge is 0.495 e. The molecule has 0 aliphatic carbocycles. The van der Waals surface area contributed by atoms with Crippen molar-refractivity contribution in [2.45, 2.75) is 13.3 Å². The van der Waals surface area contributed by atoms with Crippen molar-refractivity contribution in [2.24, 2.45) is 0 Å². The summed E-state index contributed by atoms with van der Waals surface area (Å²) in [5.74, 6) is 0.853. The molecule has 3 rings (SSSR count). The summed E-state index contributed by atoms with van der Waals surface area (Å²) >= 11 is 5.90.